The first-order chi connectivity index (χ1) is 12.9. The van der Waals surface area contributed by atoms with E-state index in [0.717, 1.165) is 4.90 Å². The van der Waals surface area contributed by atoms with E-state index in [1.54, 1.807) is 12.1 Å². The van der Waals surface area contributed by atoms with Gasteiger partial charge in [0.05, 0.1) is 17.5 Å². The number of esters is 1. The van der Waals surface area contributed by atoms with Gasteiger partial charge in [0, 0.05) is 6.20 Å². The molecule has 0 saturated carbocycles. The number of hydrogen-bond donors (Lipinski definition) is 1. The first kappa shape index (κ1) is 19.0. The summed E-state index contributed by atoms with van der Waals surface area (Å²) in [6.45, 7) is 0.845. The summed E-state index contributed by atoms with van der Waals surface area (Å²) in [5, 5.41) is 2.57. The van der Waals surface area contributed by atoms with Crippen LogP contribution < -0.4 is 5.32 Å². The lowest BCUT2D eigenvalue weighted by Gasteiger charge is -2.21. The third-order valence-electron chi connectivity index (χ3n) is 4.65. The zero-order valence-corrected chi connectivity index (χ0v) is 15.3. The number of carbonyl (C=O) groups excluding carboxylic acids is 4. The molecule has 1 aliphatic heterocycles. The van der Waals surface area contributed by atoms with Crippen molar-refractivity contribution in [3.05, 3.63) is 35.6 Å². The molecule has 1 aromatic rings. The third-order valence-corrected chi connectivity index (χ3v) is 4.95. The van der Waals surface area contributed by atoms with Gasteiger partial charge in [-0.2, -0.15) is 0 Å². The van der Waals surface area contributed by atoms with Gasteiger partial charge in [0.15, 0.2) is 11.8 Å². The van der Waals surface area contributed by atoms with Gasteiger partial charge in [-0.1, -0.05) is 23.8 Å². The van der Waals surface area contributed by atoms with Crippen LogP contribution in [0.1, 0.15) is 19.8 Å². The van der Waals surface area contributed by atoms with Gasteiger partial charge in [-0.05, 0) is 31.9 Å². The molecule has 0 unspecified atom stereocenters. The first-order valence-electron chi connectivity index (χ1n) is 8.49. The van der Waals surface area contributed by atoms with Crippen molar-refractivity contribution in [2.45, 2.75) is 25.8 Å². The normalized spacial score (nSPS) is 22.4. The molecule has 0 bridgehead atoms. The van der Waals surface area contributed by atoms with Crippen molar-refractivity contribution in [2.75, 3.05) is 11.9 Å². The molecule has 1 saturated heterocycles. The van der Waals surface area contributed by atoms with Gasteiger partial charge < -0.3 is 10.1 Å². The topological polar surface area (TPSA) is 106 Å². The van der Waals surface area contributed by atoms with Gasteiger partial charge in [0.2, 0.25) is 11.8 Å². The standard InChI is InChI=1S/C18H18ClN3O5/c1-10(22-16(24)11-5-2-3-6-12(11)17(22)25)18(26)27-9-14(23)21-13-7-4-8-20-15(13)19/h2-4,7-8,10-12H,5-6,9H2,1H3,(H,21,23)/t10-,11-,12-/m0/s1. The van der Waals surface area contributed by atoms with Crippen LogP contribution in [0.2, 0.25) is 5.15 Å². The molecule has 1 fully saturated rings. The minimum Gasteiger partial charge on any atom is -0.454 e. The fourth-order valence-electron chi connectivity index (χ4n) is 3.24. The minimum absolute atomic E-state index is 0.106. The molecule has 1 N–H and O–H groups in total. The van der Waals surface area contributed by atoms with E-state index in [4.69, 9.17) is 16.3 Å². The number of anilines is 1. The molecule has 2 aliphatic rings. The molecule has 1 aromatic heterocycles. The predicted molar refractivity (Wildman–Crippen MR) is 95.5 cm³/mol. The number of aromatic nitrogens is 1. The smallest absolute Gasteiger partial charge is 0.329 e. The Labute approximate surface area is 160 Å². The highest BCUT2D eigenvalue weighted by atomic mass is 35.5. The molecule has 0 spiro atoms. The lowest BCUT2D eigenvalue weighted by Crippen LogP contribution is -2.45. The van der Waals surface area contributed by atoms with E-state index in [1.165, 1.54) is 13.1 Å². The van der Waals surface area contributed by atoms with Crippen molar-refractivity contribution in [1.29, 1.82) is 0 Å². The van der Waals surface area contributed by atoms with Crippen LogP contribution in [-0.4, -0.2) is 46.2 Å². The predicted octanol–water partition coefficient (Wildman–Crippen LogP) is 1.56. The molecular formula is C18H18ClN3O5. The van der Waals surface area contributed by atoms with E-state index in [0.29, 0.717) is 12.8 Å². The molecule has 3 amide bonds. The molecule has 8 nitrogen and oxygen atoms in total. The van der Waals surface area contributed by atoms with Crippen molar-refractivity contribution < 1.29 is 23.9 Å². The number of rotatable bonds is 5. The highest BCUT2D eigenvalue weighted by Gasteiger charge is 2.50. The van der Waals surface area contributed by atoms with Crippen LogP contribution >= 0.6 is 11.6 Å². The van der Waals surface area contributed by atoms with Crippen molar-refractivity contribution >= 4 is 41.0 Å². The molecule has 3 rings (SSSR count). The Morgan fingerprint density at radius 1 is 1.30 bits per heavy atom. The second-order valence-electron chi connectivity index (χ2n) is 6.38. The average molecular weight is 392 g/mol. The number of amides is 3. The van der Waals surface area contributed by atoms with E-state index in [1.807, 2.05) is 12.2 Å². The van der Waals surface area contributed by atoms with Crippen LogP contribution in [0.25, 0.3) is 0 Å². The Morgan fingerprint density at radius 3 is 2.52 bits per heavy atom. The van der Waals surface area contributed by atoms with Crippen molar-refractivity contribution in [3.63, 3.8) is 0 Å². The lowest BCUT2D eigenvalue weighted by atomic mass is 9.85. The maximum absolute atomic E-state index is 12.5. The zero-order chi connectivity index (χ0) is 19.6. The highest BCUT2D eigenvalue weighted by Crippen LogP contribution is 2.36. The maximum atomic E-state index is 12.5. The van der Waals surface area contributed by atoms with Crippen LogP contribution in [0.3, 0.4) is 0 Å². The van der Waals surface area contributed by atoms with E-state index < -0.39 is 36.4 Å². The third kappa shape index (κ3) is 3.85. The number of likely N-dealkylation sites (tertiary alicyclic amines) is 1. The quantitative estimate of drug-likeness (QED) is 0.353. The van der Waals surface area contributed by atoms with E-state index >= 15 is 0 Å². The molecule has 3 atom stereocenters. The van der Waals surface area contributed by atoms with Gasteiger partial charge in [-0.25, -0.2) is 9.78 Å². The summed E-state index contributed by atoms with van der Waals surface area (Å²) in [5.74, 6) is -3.02. The number of nitrogens with one attached hydrogen (secondary N) is 1. The highest BCUT2D eigenvalue weighted by molar-refractivity contribution is 6.32. The van der Waals surface area contributed by atoms with Gasteiger partial charge in [0.1, 0.15) is 6.04 Å². The summed E-state index contributed by atoms with van der Waals surface area (Å²) in [4.78, 5) is 53.9. The van der Waals surface area contributed by atoms with E-state index in [-0.39, 0.29) is 22.7 Å². The van der Waals surface area contributed by atoms with E-state index in [9.17, 15) is 19.2 Å². The molecule has 1 aliphatic carbocycles. The number of halogens is 1. The molecule has 0 radical (unpaired) electrons. The summed E-state index contributed by atoms with van der Waals surface area (Å²) >= 11 is 5.84. The second kappa shape index (κ2) is 7.87. The average Bonchev–Trinajstić information content (AvgIpc) is 2.92. The lowest BCUT2D eigenvalue weighted by molar-refractivity contribution is -0.159. The number of nitrogens with zero attached hydrogens (tertiary/aromatic N) is 2. The monoisotopic (exact) mass is 391 g/mol. The molecule has 142 valence electrons. The number of hydrogen-bond acceptors (Lipinski definition) is 6. The summed E-state index contributed by atoms with van der Waals surface area (Å²) in [6, 6.07) is 2.05. The molecular weight excluding hydrogens is 374 g/mol. The Kier molecular flexibility index (Phi) is 5.55. The number of imide groups is 1. The van der Waals surface area contributed by atoms with Crippen LogP contribution in [0.5, 0.6) is 0 Å². The van der Waals surface area contributed by atoms with Crippen molar-refractivity contribution in [2.24, 2.45) is 11.8 Å². The summed E-state index contributed by atoms with van der Waals surface area (Å²) in [5.41, 5.74) is 0.287. The Hall–Kier alpha value is -2.74. The van der Waals surface area contributed by atoms with Crippen LogP contribution in [-0.2, 0) is 23.9 Å². The van der Waals surface area contributed by atoms with Gasteiger partial charge in [0.25, 0.3) is 5.91 Å². The Bertz CT molecular complexity index is 799. The number of allylic oxidation sites excluding steroid dienone is 2. The zero-order valence-electron chi connectivity index (χ0n) is 14.6. The van der Waals surface area contributed by atoms with Crippen LogP contribution in [0.15, 0.2) is 30.5 Å². The van der Waals surface area contributed by atoms with Gasteiger partial charge >= 0.3 is 5.97 Å². The summed E-state index contributed by atoms with van der Waals surface area (Å²) < 4.78 is 4.96. The fourth-order valence-corrected chi connectivity index (χ4v) is 3.40. The molecule has 9 heteroatoms. The summed E-state index contributed by atoms with van der Waals surface area (Å²) in [6.07, 6.45) is 6.18. The Balaban J connectivity index is 1.56. The Morgan fingerprint density at radius 2 is 1.93 bits per heavy atom. The second-order valence-corrected chi connectivity index (χ2v) is 6.73. The van der Waals surface area contributed by atoms with Gasteiger partial charge in [-0.15, -0.1) is 0 Å². The molecule has 2 heterocycles. The van der Waals surface area contributed by atoms with Crippen LogP contribution in [0.4, 0.5) is 5.69 Å². The largest absolute Gasteiger partial charge is 0.454 e. The van der Waals surface area contributed by atoms with Gasteiger partial charge in [-0.3, -0.25) is 19.3 Å². The summed E-state index contributed by atoms with van der Waals surface area (Å²) in [7, 11) is 0. The maximum Gasteiger partial charge on any atom is 0.329 e. The number of ether oxygens (including phenoxy) is 1. The molecule has 27 heavy (non-hydrogen) atoms. The number of carbonyl (C=O) groups is 4. The number of pyridine rings is 1. The van der Waals surface area contributed by atoms with Crippen molar-refractivity contribution in [1.82, 2.24) is 9.88 Å². The molecule has 0 aromatic carbocycles. The SMILES string of the molecule is C[C@@H](C(=O)OCC(=O)Nc1cccnc1Cl)N1C(=O)[C@H]2CC=CC[C@@H]2C1=O. The van der Waals surface area contributed by atoms with E-state index in [2.05, 4.69) is 10.3 Å². The number of fused-ring (bicyclic) bond motifs is 1. The fraction of sp³-hybridized carbons (Fsp3) is 0.389. The van der Waals surface area contributed by atoms with Crippen LogP contribution in [0, 0.1) is 11.8 Å². The van der Waals surface area contributed by atoms with Crippen molar-refractivity contribution in [3.8, 4) is 0 Å². The first-order valence-corrected chi connectivity index (χ1v) is 8.87. The minimum atomic E-state index is -1.09.